The molecule has 0 bridgehead atoms. The average molecular weight is 236 g/mol. The standard InChI is InChI=1S/C13H20N2O2/c1-4-10-6-11(5-2)12(14-8-16)13(3,7-10)15-9-17/h10-12H,4-7H2,1-3H3. The first kappa shape index (κ1) is 13.8. The minimum Gasteiger partial charge on any atom is -0.211 e. The fourth-order valence-electron chi connectivity index (χ4n) is 3.07. The van der Waals surface area contributed by atoms with E-state index in [1.165, 1.54) is 0 Å². The molecule has 0 aromatic carbocycles. The summed E-state index contributed by atoms with van der Waals surface area (Å²) in [5.41, 5.74) is -0.585. The Morgan fingerprint density at radius 3 is 2.41 bits per heavy atom. The van der Waals surface area contributed by atoms with Gasteiger partial charge in [0.1, 0.15) is 0 Å². The molecule has 1 saturated carbocycles. The van der Waals surface area contributed by atoms with Crippen molar-refractivity contribution >= 4 is 12.2 Å². The first-order valence-corrected chi connectivity index (χ1v) is 6.27. The molecule has 4 heteroatoms. The van der Waals surface area contributed by atoms with Gasteiger partial charge in [-0.15, -0.1) is 0 Å². The van der Waals surface area contributed by atoms with Crippen LogP contribution in [0.4, 0.5) is 0 Å². The second-order valence-electron chi connectivity index (χ2n) is 5.11. The lowest BCUT2D eigenvalue weighted by Gasteiger charge is -2.43. The minimum atomic E-state index is -0.585. The van der Waals surface area contributed by atoms with Crippen LogP contribution in [0.5, 0.6) is 0 Å². The van der Waals surface area contributed by atoms with E-state index in [2.05, 4.69) is 23.8 Å². The number of nitrogens with zero attached hydrogens (tertiary/aromatic N) is 2. The van der Waals surface area contributed by atoms with Crippen LogP contribution in [-0.4, -0.2) is 23.7 Å². The Morgan fingerprint density at radius 2 is 1.94 bits per heavy atom. The Labute approximate surface area is 102 Å². The van der Waals surface area contributed by atoms with Crippen molar-refractivity contribution in [1.82, 2.24) is 0 Å². The van der Waals surface area contributed by atoms with Gasteiger partial charge in [-0.3, -0.25) is 0 Å². The molecular formula is C13H20N2O2. The zero-order valence-electron chi connectivity index (χ0n) is 10.8. The molecule has 0 radical (unpaired) electrons. The number of carbonyl (C=O) groups excluding carboxylic acids is 2. The number of hydrogen-bond donors (Lipinski definition) is 0. The van der Waals surface area contributed by atoms with E-state index >= 15 is 0 Å². The van der Waals surface area contributed by atoms with Crippen LogP contribution in [0.3, 0.4) is 0 Å². The lowest BCUT2D eigenvalue weighted by molar-refractivity contribution is 0.139. The molecule has 0 aliphatic heterocycles. The monoisotopic (exact) mass is 236 g/mol. The van der Waals surface area contributed by atoms with Gasteiger partial charge in [-0.1, -0.05) is 26.7 Å². The smallest absolute Gasteiger partial charge is 0.211 e. The molecule has 1 aliphatic carbocycles. The van der Waals surface area contributed by atoms with E-state index in [-0.39, 0.29) is 6.04 Å². The van der Waals surface area contributed by atoms with E-state index in [0.29, 0.717) is 11.8 Å². The summed E-state index contributed by atoms with van der Waals surface area (Å²) in [5.74, 6) is 0.845. The maximum atomic E-state index is 10.6. The zero-order valence-corrected chi connectivity index (χ0v) is 10.8. The third-order valence-corrected chi connectivity index (χ3v) is 4.02. The Kier molecular flexibility index (Phi) is 4.80. The molecule has 0 saturated heterocycles. The maximum absolute atomic E-state index is 10.6. The molecule has 4 unspecified atom stereocenters. The molecular weight excluding hydrogens is 216 g/mol. The molecule has 0 N–H and O–H groups in total. The third-order valence-electron chi connectivity index (χ3n) is 4.02. The van der Waals surface area contributed by atoms with Crippen molar-refractivity contribution in [3.8, 4) is 0 Å². The van der Waals surface area contributed by atoms with Gasteiger partial charge >= 0.3 is 0 Å². The highest BCUT2D eigenvalue weighted by molar-refractivity contribution is 5.38. The van der Waals surface area contributed by atoms with Gasteiger partial charge in [-0.05, 0) is 31.6 Å². The van der Waals surface area contributed by atoms with Gasteiger partial charge in [0.05, 0.1) is 11.6 Å². The van der Waals surface area contributed by atoms with Crippen molar-refractivity contribution in [2.75, 3.05) is 0 Å². The summed E-state index contributed by atoms with van der Waals surface area (Å²) >= 11 is 0. The van der Waals surface area contributed by atoms with Crippen LogP contribution in [0.25, 0.3) is 0 Å². The molecule has 0 aromatic rings. The Hall–Kier alpha value is -1.24. The zero-order chi connectivity index (χ0) is 12.9. The quantitative estimate of drug-likeness (QED) is 0.556. The van der Waals surface area contributed by atoms with Gasteiger partial charge in [-0.25, -0.2) is 9.59 Å². The summed E-state index contributed by atoms with van der Waals surface area (Å²) in [6.45, 7) is 6.13. The fourth-order valence-corrected chi connectivity index (χ4v) is 3.07. The van der Waals surface area contributed by atoms with Crippen LogP contribution in [0.15, 0.2) is 9.98 Å². The molecule has 0 heterocycles. The first-order valence-electron chi connectivity index (χ1n) is 6.27. The topological polar surface area (TPSA) is 58.9 Å². The molecule has 4 nitrogen and oxygen atoms in total. The van der Waals surface area contributed by atoms with E-state index in [0.717, 1.165) is 25.7 Å². The van der Waals surface area contributed by atoms with Gasteiger partial charge < -0.3 is 0 Å². The van der Waals surface area contributed by atoms with Crippen LogP contribution in [0, 0.1) is 11.8 Å². The predicted octanol–water partition coefficient (Wildman–Crippen LogP) is 2.63. The Morgan fingerprint density at radius 1 is 1.24 bits per heavy atom. The van der Waals surface area contributed by atoms with E-state index in [9.17, 15) is 9.59 Å². The Balaban J connectivity index is 3.10. The summed E-state index contributed by atoms with van der Waals surface area (Å²) in [7, 11) is 0. The van der Waals surface area contributed by atoms with Crippen LogP contribution in [0.2, 0.25) is 0 Å². The summed E-state index contributed by atoms with van der Waals surface area (Å²) in [6.07, 6.45) is 7.13. The normalized spacial score (nSPS) is 36.8. The highest BCUT2D eigenvalue weighted by Crippen LogP contribution is 2.42. The first-order chi connectivity index (χ1) is 8.11. The second kappa shape index (κ2) is 5.90. The van der Waals surface area contributed by atoms with Crippen LogP contribution in [0.1, 0.15) is 46.5 Å². The average Bonchev–Trinajstić information content (AvgIpc) is 2.32. The van der Waals surface area contributed by atoms with E-state index < -0.39 is 5.54 Å². The Bertz CT molecular complexity index is 356. The van der Waals surface area contributed by atoms with Crippen LogP contribution in [-0.2, 0) is 9.59 Å². The molecule has 4 atom stereocenters. The summed E-state index contributed by atoms with van der Waals surface area (Å²) in [4.78, 5) is 29.0. The lowest BCUT2D eigenvalue weighted by atomic mass is 9.67. The molecule has 1 aliphatic rings. The van der Waals surface area contributed by atoms with Gasteiger partial charge in [0.15, 0.2) is 0 Å². The number of hydrogen-bond acceptors (Lipinski definition) is 4. The lowest BCUT2D eigenvalue weighted by Crippen LogP contribution is -2.47. The predicted molar refractivity (Wildman–Crippen MR) is 65.2 cm³/mol. The molecule has 1 rings (SSSR count). The highest BCUT2D eigenvalue weighted by atomic mass is 16.1. The number of isocyanates is 2. The van der Waals surface area contributed by atoms with Gasteiger partial charge in [-0.2, -0.15) is 9.98 Å². The number of aliphatic imine (C=N–C) groups is 2. The van der Waals surface area contributed by atoms with Crippen molar-refractivity contribution in [3.05, 3.63) is 0 Å². The molecule has 0 amide bonds. The van der Waals surface area contributed by atoms with Crippen LogP contribution < -0.4 is 0 Å². The molecule has 94 valence electrons. The molecule has 0 aromatic heterocycles. The maximum Gasteiger partial charge on any atom is 0.235 e. The van der Waals surface area contributed by atoms with E-state index in [1.54, 1.807) is 12.2 Å². The van der Waals surface area contributed by atoms with E-state index in [1.807, 2.05) is 6.92 Å². The van der Waals surface area contributed by atoms with Crippen molar-refractivity contribution in [2.24, 2.45) is 21.8 Å². The summed E-state index contributed by atoms with van der Waals surface area (Å²) in [6, 6.07) is -0.228. The van der Waals surface area contributed by atoms with Crippen molar-refractivity contribution < 1.29 is 9.59 Å². The summed E-state index contributed by atoms with van der Waals surface area (Å²) < 4.78 is 0. The highest BCUT2D eigenvalue weighted by Gasteiger charge is 2.45. The molecule has 17 heavy (non-hydrogen) atoms. The largest absolute Gasteiger partial charge is 0.235 e. The fraction of sp³-hybridized carbons (Fsp3) is 0.846. The van der Waals surface area contributed by atoms with Gasteiger partial charge in [0.25, 0.3) is 0 Å². The third kappa shape index (κ3) is 2.91. The van der Waals surface area contributed by atoms with Gasteiger partial charge in [0, 0.05) is 0 Å². The van der Waals surface area contributed by atoms with Crippen molar-refractivity contribution in [3.63, 3.8) is 0 Å². The SMILES string of the molecule is CCC1CC(CC)C(N=C=O)C(C)(N=C=O)C1. The van der Waals surface area contributed by atoms with Crippen molar-refractivity contribution in [1.29, 1.82) is 0 Å². The minimum absolute atomic E-state index is 0.228. The second-order valence-corrected chi connectivity index (χ2v) is 5.11. The summed E-state index contributed by atoms with van der Waals surface area (Å²) in [5, 5.41) is 0. The van der Waals surface area contributed by atoms with Gasteiger partial charge in [0.2, 0.25) is 12.2 Å². The van der Waals surface area contributed by atoms with Crippen molar-refractivity contribution in [2.45, 2.75) is 58.0 Å². The van der Waals surface area contributed by atoms with E-state index in [4.69, 9.17) is 0 Å². The van der Waals surface area contributed by atoms with Crippen LogP contribution >= 0.6 is 0 Å². The molecule has 1 fully saturated rings. The number of rotatable bonds is 4. The molecule has 0 spiro atoms.